The third-order valence-electron chi connectivity index (χ3n) is 7.42. The van der Waals surface area contributed by atoms with Gasteiger partial charge in [0.2, 0.25) is 0 Å². The Balaban J connectivity index is 1.65. The highest BCUT2D eigenvalue weighted by molar-refractivity contribution is 5.93. The van der Waals surface area contributed by atoms with E-state index in [2.05, 4.69) is 66.3 Å². The number of carbonyl (C=O) groups excluding carboxylic acids is 1. The van der Waals surface area contributed by atoms with E-state index in [0.29, 0.717) is 11.9 Å². The number of aryl methyl sites for hydroxylation is 1. The van der Waals surface area contributed by atoms with Gasteiger partial charge in [-0.2, -0.15) is 0 Å². The fourth-order valence-corrected chi connectivity index (χ4v) is 6.70. The highest BCUT2D eigenvalue weighted by Crippen LogP contribution is 2.55. The van der Waals surface area contributed by atoms with E-state index in [0.717, 1.165) is 45.6 Å². The molecule has 1 aromatic heterocycles. The summed E-state index contributed by atoms with van der Waals surface area (Å²) in [5.41, 5.74) is 3.85. The average Bonchev–Trinajstić information content (AvgIpc) is 2.90. The maximum atomic E-state index is 13.3. The molecule has 0 radical (unpaired) electrons. The number of hydrogen-bond donors (Lipinski definition) is 0. The lowest BCUT2D eigenvalue weighted by atomic mass is 9.59. The number of ketones is 1. The van der Waals surface area contributed by atoms with Crippen molar-refractivity contribution in [3.8, 4) is 0 Å². The topological polar surface area (TPSA) is 28.5 Å². The van der Waals surface area contributed by atoms with Crippen molar-refractivity contribution < 1.29 is 4.79 Å². The van der Waals surface area contributed by atoms with E-state index >= 15 is 0 Å². The number of para-hydroxylation sites is 1. The number of Topliss-reactive ketones (excluding diaryl/α,β-unsaturated/α-hetero) is 1. The van der Waals surface area contributed by atoms with Crippen LogP contribution in [0.3, 0.4) is 0 Å². The van der Waals surface area contributed by atoms with Crippen molar-refractivity contribution in [2.24, 2.45) is 10.8 Å². The number of benzene rings is 1. The van der Waals surface area contributed by atoms with E-state index in [1.165, 1.54) is 22.2 Å². The van der Waals surface area contributed by atoms with E-state index in [9.17, 15) is 4.79 Å². The van der Waals surface area contributed by atoms with Gasteiger partial charge in [-0.05, 0) is 26.3 Å². The summed E-state index contributed by atoms with van der Waals surface area (Å²) in [4.78, 5) is 18.6. The van der Waals surface area contributed by atoms with Crippen molar-refractivity contribution in [2.75, 3.05) is 26.2 Å². The van der Waals surface area contributed by atoms with E-state index in [1.54, 1.807) is 0 Å². The van der Waals surface area contributed by atoms with Crippen LogP contribution in [-0.2, 0) is 11.3 Å². The molecule has 4 bridgehead atoms. The van der Waals surface area contributed by atoms with Gasteiger partial charge in [0.15, 0.2) is 0 Å². The fourth-order valence-electron chi connectivity index (χ4n) is 6.70. The van der Waals surface area contributed by atoms with E-state index in [1.807, 2.05) is 0 Å². The number of fused-ring (bicyclic) bond motifs is 1. The second kappa shape index (κ2) is 5.68. The zero-order chi connectivity index (χ0) is 19.0. The van der Waals surface area contributed by atoms with Gasteiger partial charge in [0, 0.05) is 54.9 Å². The van der Waals surface area contributed by atoms with Gasteiger partial charge < -0.3 is 4.57 Å². The first-order valence-corrected chi connectivity index (χ1v) is 10.5. The van der Waals surface area contributed by atoms with Crippen LogP contribution in [0.5, 0.6) is 0 Å². The molecule has 2 unspecified atom stereocenters. The second-order valence-electron chi connectivity index (χ2n) is 9.36. The third-order valence-corrected chi connectivity index (χ3v) is 7.42. The number of piperidine rings is 2. The van der Waals surface area contributed by atoms with Gasteiger partial charge in [0.25, 0.3) is 0 Å². The highest BCUT2D eigenvalue weighted by Gasteiger charge is 2.63. The van der Waals surface area contributed by atoms with Crippen LogP contribution in [0.1, 0.15) is 51.0 Å². The second-order valence-corrected chi connectivity index (χ2v) is 9.36. The number of carbonyl (C=O) groups is 1. The minimum atomic E-state index is -0.195. The van der Waals surface area contributed by atoms with Gasteiger partial charge in [0.05, 0.1) is 17.0 Å². The first-order valence-electron chi connectivity index (χ1n) is 10.5. The molecule has 6 rings (SSSR count). The summed E-state index contributed by atoms with van der Waals surface area (Å²) >= 11 is 0. The molecule has 0 spiro atoms. The minimum Gasteiger partial charge on any atom is -0.345 e. The Morgan fingerprint density at radius 3 is 2.37 bits per heavy atom. The van der Waals surface area contributed by atoms with Crippen molar-refractivity contribution in [3.63, 3.8) is 0 Å². The van der Waals surface area contributed by atoms with Gasteiger partial charge in [-0.3, -0.25) is 14.6 Å². The van der Waals surface area contributed by atoms with Crippen molar-refractivity contribution >= 4 is 16.7 Å². The van der Waals surface area contributed by atoms with Crippen LogP contribution in [0, 0.1) is 17.8 Å². The predicted octanol–water partition coefficient (Wildman–Crippen LogP) is 3.97. The molecule has 1 aromatic carbocycles. The SMILES string of the molecule is CCCC12CN3CC(C)(CN(C1)C3c1c(C)n(CC)c3ccccc13)C2=O. The third kappa shape index (κ3) is 2.14. The van der Waals surface area contributed by atoms with Gasteiger partial charge in [-0.25, -0.2) is 0 Å². The fraction of sp³-hybridized carbons (Fsp3) is 0.609. The summed E-state index contributed by atoms with van der Waals surface area (Å²) in [6.07, 6.45) is 2.42. The molecule has 2 aromatic rings. The Bertz CT molecular complexity index is 911. The van der Waals surface area contributed by atoms with Crippen LogP contribution in [0.15, 0.2) is 24.3 Å². The molecule has 0 aliphatic carbocycles. The Kier molecular flexibility index (Phi) is 3.67. The molecule has 2 atom stereocenters. The highest BCUT2D eigenvalue weighted by atomic mass is 16.1. The molecule has 5 heterocycles. The zero-order valence-electron chi connectivity index (χ0n) is 17.1. The molecule has 4 fully saturated rings. The van der Waals surface area contributed by atoms with Crippen molar-refractivity contribution in [2.45, 2.75) is 53.2 Å². The largest absolute Gasteiger partial charge is 0.345 e. The lowest BCUT2D eigenvalue weighted by molar-refractivity contribution is -0.201. The van der Waals surface area contributed by atoms with E-state index in [-0.39, 0.29) is 10.8 Å². The van der Waals surface area contributed by atoms with Crippen LogP contribution in [-0.4, -0.2) is 46.3 Å². The zero-order valence-corrected chi connectivity index (χ0v) is 17.1. The Morgan fingerprint density at radius 1 is 1.07 bits per heavy atom. The van der Waals surface area contributed by atoms with Crippen LogP contribution >= 0.6 is 0 Å². The van der Waals surface area contributed by atoms with E-state index < -0.39 is 0 Å². The van der Waals surface area contributed by atoms with Crippen LogP contribution in [0.25, 0.3) is 10.9 Å². The van der Waals surface area contributed by atoms with Gasteiger partial charge in [0.1, 0.15) is 5.78 Å². The van der Waals surface area contributed by atoms with Crippen LogP contribution in [0.2, 0.25) is 0 Å². The maximum Gasteiger partial charge on any atom is 0.150 e. The molecule has 0 N–H and O–H groups in total. The normalized spacial score (nSPS) is 37.5. The van der Waals surface area contributed by atoms with Crippen LogP contribution in [0.4, 0.5) is 0 Å². The maximum absolute atomic E-state index is 13.3. The van der Waals surface area contributed by atoms with Crippen molar-refractivity contribution in [1.82, 2.24) is 14.4 Å². The lowest BCUT2D eigenvalue weighted by Gasteiger charge is -2.65. The van der Waals surface area contributed by atoms with Gasteiger partial charge >= 0.3 is 0 Å². The Labute approximate surface area is 162 Å². The van der Waals surface area contributed by atoms with Gasteiger partial charge in [-0.15, -0.1) is 0 Å². The number of hydrogen-bond acceptors (Lipinski definition) is 3. The molecule has 27 heavy (non-hydrogen) atoms. The minimum absolute atomic E-state index is 0.145. The Hall–Kier alpha value is -1.65. The smallest absolute Gasteiger partial charge is 0.150 e. The lowest BCUT2D eigenvalue weighted by Crippen LogP contribution is -2.76. The molecule has 4 saturated heterocycles. The summed E-state index contributed by atoms with van der Waals surface area (Å²) in [5.74, 6) is 0.538. The Morgan fingerprint density at radius 2 is 1.74 bits per heavy atom. The number of nitrogens with zero attached hydrogens (tertiary/aromatic N) is 3. The monoisotopic (exact) mass is 365 g/mol. The molecule has 144 valence electrons. The summed E-state index contributed by atoms with van der Waals surface area (Å²) in [5, 5.41) is 1.38. The first-order chi connectivity index (χ1) is 12.9. The molecular weight excluding hydrogens is 334 g/mol. The molecule has 4 heteroatoms. The molecule has 0 amide bonds. The summed E-state index contributed by atoms with van der Waals surface area (Å²) < 4.78 is 2.45. The summed E-state index contributed by atoms with van der Waals surface area (Å²) in [6.45, 7) is 13.6. The average molecular weight is 366 g/mol. The quantitative estimate of drug-likeness (QED) is 0.821. The molecular formula is C23H31N3O. The predicted molar refractivity (Wildman–Crippen MR) is 109 cm³/mol. The first kappa shape index (κ1) is 17.4. The summed E-state index contributed by atoms with van der Waals surface area (Å²) in [6, 6.07) is 8.84. The molecule has 4 nitrogen and oxygen atoms in total. The summed E-state index contributed by atoms with van der Waals surface area (Å²) in [7, 11) is 0. The number of aromatic nitrogens is 1. The standard InChI is InChI=1S/C23H31N3O/c1-5-11-23-14-24-12-22(4,21(23)27)13-25(15-23)20(24)19-16(3)26(6-2)18-10-8-7-9-17(18)19/h7-10,20H,5-6,11-15H2,1-4H3. The molecule has 4 aliphatic rings. The molecule has 0 saturated carbocycles. The van der Waals surface area contributed by atoms with E-state index in [4.69, 9.17) is 0 Å². The van der Waals surface area contributed by atoms with Crippen molar-refractivity contribution in [3.05, 3.63) is 35.5 Å². The van der Waals surface area contributed by atoms with Crippen molar-refractivity contribution in [1.29, 1.82) is 0 Å². The van der Waals surface area contributed by atoms with Gasteiger partial charge in [-0.1, -0.05) is 38.5 Å². The number of rotatable bonds is 4. The van der Waals surface area contributed by atoms with Crippen LogP contribution < -0.4 is 0 Å². The molecule has 4 aliphatic heterocycles.